The molecule has 11 aromatic rings. The summed E-state index contributed by atoms with van der Waals surface area (Å²) in [6.45, 7) is 0. The van der Waals surface area contributed by atoms with Crippen molar-refractivity contribution in [2.24, 2.45) is 0 Å². The normalized spacial score (nSPS) is 12.4. The zero-order valence-corrected chi connectivity index (χ0v) is 31.4. The molecule has 0 bridgehead atoms. The quantitative estimate of drug-likeness (QED) is 0.162. The molecule has 0 radical (unpaired) electrons. The van der Waals surface area contributed by atoms with Crippen LogP contribution in [-0.4, -0.2) is 0 Å². The van der Waals surface area contributed by atoms with Crippen LogP contribution in [0.5, 0.6) is 0 Å². The number of fused-ring (bicyclic) bond motifs is 6. The number of rotatable bonds is 7. The van der Waals surface area contributed by atoms with Crippen LogP contribution in [0, 0.1) is 0 Å². The fraction of sp³-hybridized carbons (Fsp3) is 0. The molecule has 0 amide bonds. The van der Waals surface area contributed by atoms with Crippen molar-refractivity contribution in [1.29, 1.82) is 0 Å². The van der Waals surface area contributed by atoms with Gasteiger partial charge in [0.25, 0.3) is 0 Å². The lowest BCUT2D eigenvalue weighted by molar-refractivity contribution is 0.673. The van der Waals surface area contributed by atoms with Gasteiger partial charge in [-0.15, -0.1) is 0 Å². The third-order valence-corrected chi connectivity index (χ3v) is 11.1. The topological polar surface area (TPSA) is 16.4 Å². The number of nitrogens with zero attached hydrogens (tertiary/aromatic N) is 1. The van der Waals surface area contributed by atoms with Crippen molar-refractivity contribution in [3.8, 4) is 44.5 Å². The highest BCUT2D eigenvalue weighted by molar-refractivity contribution is 6.19. The highest BCUT2D eigenvalue weighted by atomic mass is 16.3. The molecule has 0 aliphatic carbocycles. The van der Waals surface area contributed by atoms with E-state index in [-0.39, 0.29) is 35.4 Å². The lowest BCUT2D eigenvalue weighted by Gasteiger charge is -2.27. The van der Waals surface area contributed by atoms with Gasteiger partial charge in [-0.05, 0) is 115 Å². The van der Waals surface area contributed by atoms with Crippen molar-refractivity contribution in [3.05, 3.63) is 224 Å². The molecule has 272 valence electrons. The summed E-state index contributed by atoms with van der Waals surface area (Å²) in [7, 11) is 0. The van der Waals surface area contributed by atoms with Crippen molar-refractivity contribution < 1.29 is 9.90 Å². The Morgan fingerprint density at radius 2 is 0.914 bits per heavy atom. The number of hydrogen-bond acceptors (Lipinski definition) is 2. The second-order valence-electron chi connectivity index (χ2n) is 14.6. The minimum atomic E-state index is -0.135. The van der Waals surface area contributed by atoms with Gasteiger partial charge < -0.3 is 9.32 Å². The summed E-state index contributed by atoms with van der Waals surface area (Å²) in [5, 5.41) is 6.46. The van der Waals surface area contributed by atoms with Crippen LogP contribution in [0.15, 0.2) is 229 Å². The van der Waals surface area contributed by atoms with Gasteiger partial charge in [0.05, 0.1) is 5.48 Å². The first-order chi connectivity index (χ1) is 30.4. The minimum absolute atomic E-state index is 0.109. The molecule has 0 fully saturated rings. The first-order valence-corrected chi connectivity index (χ1v) is 19.5. The van der Waals surface area contributed by atoms with Gasteiger partial charge in [-0.25, -0.2) is 0 Å². The number of furan rings is 1. The average molecular weight is 744 g/mol. The molecular formula is C56H37NO. The fourth-order valence-corrected chi connectivity index (χ4v) is 8.23. The highest BCUT2D eigenvalue weighted by Crippen LogP contribution is 2.43. The van der Waals surface area contributed by atoms with E-state index in [1.807, 2.05) is 120 Å². The maximum absolute atomic E-state index is 9.65. The Bertz CT molecular complexity index is 3490. The third-order valence-electron chi connectivity index (χ3n) is 11.1. The maximum atomic E-state index is 9.65. The molecule has 0 unspecified atom stereocenters. The van der Waals surface area contributed by atoms with Gasteiger partial charge in [-0.3, -0.25) is 0 Å². The largest absolute Gasteiger partial charge is 0.455 e. The Morgan fingerprint density at radius 3 is 1.71 bits per heavy atom. The molecular weight excluding hydrogens is 703 g/mol. The molecule has 58 heavy (non-hydrogen) atoms. The lowest BCUT2D eigenvalue weighted by Crippen LogP contribution is -2.10. The van der Waals surface area contributed by atoms with Gasteiger partial charge in [0.2, 0.25) is 0 Å². The van der Waals surface area contributed by atoms with Crippen molar-refractivity contribution in [3.63, 3.8) is 0 Å². The van der Waals surface area contributed by atoms with Crippen molar-refractivity contribution in [2.45, 2.75) is 0 Å². The van der Waals surface area contributed by atoms with Gasteiger partial charge in [-0.2, -0.15) is 0 Å². The van der Waals surface area contributed by atoms with Crippen molar-refractivity contribution in [1.82, 2.24) is 0 Å². The Labute approximate surface area is 343 Å². The van der Waals surface area contributed by atoms with Gasteiger partial charge in [0.15, 0.2) is 0 Å². The van der Waals surface area contributed by atoms with Crippen LogP contribution >= 0.6 is 0 Å². The molecule has 2 heteroatoms. The van der Waals surface area contributed by atoms with E-state index in [4.69, 9.17) is 4.42 Å². The van der Waals surface area contributed by atoms with Crippen molar-refractivity contribution >= 4 is 60.5 Å². The summed E-state index contributed by atoms with van der Waals surface area (Å²) < 4.78 is 44.8. The first-order valence-electron chi connectivity index (χ1n) is 21.5. The van der Waals surface area contributed by atoms with Crippen LogP contribution in [0.25, 0.3) is 88.0 Å². The molecule has 0 N–H and O–H groups in total. The van der Waals surface area contributed by atoms with E-state index in [0.717, 1.165) is 76.9 Å². The molecule has 0 atom stereocenters. The summed E-state index contributed by atoms with van der Waals surface area (Å²) >= 11 is 0. The maximum Gasteiger partial charge on any atom is 0.143 e. The van der Waals surface area contributed by atoms with Crippen LogP contribution in [0.1, 0.15) is 5.48 Å². The molecule has 0 saturated heterocycles. The first kappa shape index (κ1) is 29.6. The monoisotopic (exact) mass is 743 g/mol. The van der Waals surface area contributed by atoms with Gasteiger partial charge in [0, 0.05) is 33.2 Å². The Morgan fingerprint density at radius 1 is 0.345 bits per heavy atom. The standard InChI is InChI=1S/C56H37NO/c1-2-11-38(12-3-1)40-23-25-41(26-24-40)42-29-32-48(33-30-42)57(49-18-8-16-45(36-49)46-28-27-39-13-4-5-15-44(39)35-46)50-19-9-17-47(37-50)51-21-10-22-54-55(51)53-34-31-43-14-6-7-20-52(43)56(53)58-54/h1-37H/i29D,30D,32D,33D. The van der Waals surface area contributed by atoms with Crippen LogP contribution in [-0.2, 0) is 0 Å². The molecule has 0 aliphatic heterocycles. The van der Waals surface area contributed by atoms with E-state index >= 15 is 0 Å². The Kier molecular flexibility index (Phi) is 7.20. The van der Waals surface area contributed by atoms with Gasteiger partial charge >= 0.3 is 0 Å². The summed E-state index contributed by atoms with van der Waals surface area (Å²) in [4.78, 5) is 1.87. The van der Waals surface area contributed by atoms with Crippen LogP contribution < -0.4 is 4.90 Å². The molecule has 10 aromatic carbocycles. The summed E-state index contributed by atoms with van der Waals surface area (Å²) in [5.74, 6) is 0. The molecule has 0 aliphatic rings. The predicted octanol–water partition coefficient (Wildman–Crippen LogP) is 16.0. The molecule has 11 rings (SSSR count). The minimum Gasteiger partial charge on any atom is -0.455 e. The average Bonchev–Trinajstić information content (AvgIpc) is 3.72. The predicted molar refractivity (Wildman–Crippen MR) is 245 cm³/mol. The Balaban J connectivity index is 1.09. The molecule has 2 nitrogen and oxygen atoms in total. The molecule has 0 spiro atoms. The van der Waals surface area contributed by atoms with Crippen LogP contribution in [0.4, 0.5) is 17.1 Å². The third kappa shape index (κ3) is 6.00. The van der Waals surface area contributed by atoms with E-state index in [9.17, 15) is 5.48 Å². The fourth-order valence-electron chi connectivity index (χ4n) is 8.23. The van der Waals surface area contributed by atoms with Gasteiger partial charge in [-0.1, -0.05) is 170 Å². The van der Waals surface area contributed by atoms with E-state index in [0.29, 0.717) is 16.9 Å². The van der Waals surface area contributed by atoms with E-state index in [2.05, 4.69) is 84.9 Å². The molecule has 1 heterocycles. The second-order valence-corrected chi connectivity index (χ2v) is 14.6. The molecule has 0 saturated carbocycles. The van der Waals surface area contributed by atoms with Crippen LogP contribution in [0.3, 0.4) is 0 Å². The Hall–Kier alpha value is -7.68. The zero-order chi connectivity index (χ0) is 41.9. The number of anilines is 3. The second kappa shape index (κ2) is 14.1. The summed E-state index contributed by atoms with van der Waals surface area (Å²) in [5.41, 5.74) is 10.0. The van der Waals surface area contributed by atoms with Crippen molar-refractivity contribution in [2.75, 3.05) is 4.90 Å². The van der Waals surface area contributed by atoms with E-state index < -0.39 is 0 Å². The zero-order valence-electron chi connectivity index (χ0n) is 35.4. The highest BCUT2D eigenvalue weighted by Gasteiger charge is 2.18. The SMILES string of the molecule is [2H]c1c([2H])c(N(c2cccc(-c3ccc4ccccc4c3)c2)c2cccc(-c3cccc4oc5c6ccccc6ccc5c34)c2)c([2H])c([2H])c1-c1ccc(-c2ccccc2)cc1. The summed E-state index contributed by atoms with van der Waals surface area (Å²) in [6, 6.07) is 66.7. The van der Waals surface area contributed by atoms with E-state index in [1.165, 1.54) is 0 Å². The van der Waals surface area contributed by atoms with E-state index in [1.54, 1.807) is 0 Å². The smallest absolute Gasteiger partial charge is 0.143 e. The molecule has 1 aromatic heterocycles. The number of benzene rings is 10. The van der Waals surface area contributed by atoms with Gasteiger partial charge in [0.1, 0.15) is 11.2 Å². The lowest BCUT2D eigenvalue weighted by atomic mass is 9.97. The number of hydrogen-bond donors (Lipinski definition) is 0. The summed E-state index contributed by atoms with van der Waals surface area (Å²) in [6.07, 6.45) is 0. The van der Waals surface area contributed by atoms with Crippen LogP contribution in [0.2, 0.25) is 0 Å².